The minimum atomic E-state index is -0.690. The number of ether oxygens (including phenoxy) is 1. The molecule has 1 aliphatic rings. The molecule has 1 N–H and O–H groups in total. The molecular weight excluding hydrogens is 324 g/mol. The van der Waals surface area contributed by atoms with E-state index in [-0.39, 0.29) is 5.69 Å². The summed E-state index contributed by atoms with van der Waals surface area (Å²) in [6.45, 7) is 6.82. The fourth-order valence-corrected chi connectivity index (χ4v) is 2.74. The van der Waals surface area contributed by atoms with Crippen LogP contribution in [-0.4, -0.2) is 39.5 Å². The van der Waals surface area contributed by atoms with Crippen LogP contribution in [0, 0.1) is 10.1 Å². The minimum Gasteiger partial charge on any atom is -0.442 e. The van der Waals surface area contributed by atoms with Crippen molar-refractivity contribution in [2.45, 2.75) is 32.8 Å². The second-order valence-electron chi connectivity index (χ2n) is 6.88. The molecule has 0 spiro atoms. The highest BCUT2D eigenvalue weighted by atomic mass is 16.6. The van der Waals surface area contributed by atoms with E-state index in [1.54, 1.807) is 26.8 Å². The van der Waals surface area contributed by atoms with Crippen molar-refractivity contribution < 1.29 is 14.5 Å². The van der Waals surface area contributed by atoms with E-state index in [0.29, 0.717) is 16.6 Å². The second-order valence-corrected chi connectivity index (χ2v) is 6.88. The Morgan fingerprint density at radius 2 is 2.16 bits per heavy atom. The number of rotatable bonds is 2. The third-order valence-corrected chi connectivity index (χ3v) is 3.81. The van der Waals surface area contributed by atoms with Crippen LogP contribution in [0.3, 0.4) is 0 Å². The van der Waals surface area contributed by atoms with Gasteiger partial charge in [0.2, 0.25) is 0 Å². The van der Waals surface area contributed by atoms with Crippen LogP contribution in [0.2, 0.25) is 0 Å². The van der Waals surface area contributed by atoms with Gasteiger partial charge in [-0.15, -0.1) is 0 Å². The Morgan fingerprint density at radius 1 is 1.40 bits per heavy atom. The average molecular weight is 344 g/mol. The quantitative estimate of drug-likeness (QED) is 0.664. The Morgan fingerprint density at radius 3 is 2.76 bits per heavy atom. The van der Waals surface area contributed by atoms with Crippen LogP contribution in [0.25, 0.3) is 16.5 Å². The summed E-state index contributed by atoms with van der Waals surface area (Å²) in [4.78, 5) is 23.1. The van der Waals surface area contributed by atoms with Crippen molar-refractivity contribution >= 4 is 28.3 Å². The molecule has 8 nitrogen and oxygen atoms in total. The number of nitro benzene ring substituents is 1. The fourth-order valence-electron chi connectivity index (χ4n) is 2.74. The first-order chi connectivity index (χ1) is 11.8. The maximum atomic E-state index is 12.5. The highest BCUT2D eigenvalue weighted by Crippen LogP contribution is 2.30. The predicted octanol–water partition coefficient (Wildman–Crippen LogP) is 3.10. The van der Waals surface area contributed by atoms with Crippen molar-refractivity contribution in [3.8, 4) is 0 Å². The van der Waals surface area contributed by atoms with Gasteiger partial charge in [0.25, 0.3) is 5.69 Å². The number of hydrogen-bond donors (Lipinski definition) is 1. The normalized spacial score (nSPS) is 15.1. The number of nitrogens with zero attached hydrogens (tertiary/aromatic N) is 3. The van der Waals surface area contributed by atoms with Crippen LogP contribution in [0.15, 0.2) is 24.3 Å². The highest BCUT2D eigenvalue weighted by Gasteiger charge is 2.25. The Hall–Kier alpha value is -2.74. The molecule has 132 valence electrons. The van der Waals surface area contributed by atoms with Gasteiger partial charge in [-0.3, -0.25) is 10.1 Å². The number of nitrogens with one attached hydrogen (secondary N) is 1. The second kappa shape index (κ2) is 6.29. The summed E-state index contributed by atoms with van der Waals surface area (Å²) in [6, 6.07) is 4.42. The van der Waals surface area contributed by atoms with Crippen LogP contribution >= 0.6 is 0 Å². The van der Waals surface area contributed by atoms with E-state index >= 15 is 0 Å². The summed E-state index contributed by atoms with van der Waals surface area (Å²) in [7, 11) is 0. The van der Waals surface area contributed by atoms with Gasteiger partial charge in [-0.1, -0.05) is 6.08 Å². The largest absolute Gasteiger partial charge is 0.442 e. The zero-order valence-electron chi connectivity index (χ0n) is 14.4. The molecule has 0 radical (unpaired) electrons. The van der Waals surface area contributed by atoms with Crippen LogP contribution in [0.4, 0.5) is 10.5 Å². The SMILES string of the molecule is CC(C)(C)OC(=O)n1nc(C2=CCNCC2)c2ccc([N+](=O)[O-])cc21. The van der Waals surface area contributed by atoms with E-state index in [0.717, 1.165) is 29.8 Å². The Bertz CT molecular complexity index is 877. The molecule has 0 saturated carbocycles. The van der Waals surface area contributed by atoms with E-state index in [1.807, 2.05) is 6.08 Å². The average Bonchev–Trinajstić information content (AvgIpc) is 2.93. The van der Waals surface area contributed by atoms with Gasteiger partial charge in [-0.25, -0.2) is 4.79 Å². The smallest absolute Gasteiger partial charge is 0.435 e. The number of fused-ring (bicyclic) bond motifs is 1. The number of nitro groups is 1. The summed E-state index contributed by atoms with van der Waals surface area (Å²) in [5, 5.41) is 19.4. The molecule has 1 aromatic heterocycles. The third kappa shape index (κ3) is 3.53. The van der Waals surface area contributed by atoms with Gasteiger partial charge in [0, 0.05) is 24.1 Å². The zero-order valence-corrected chi connectivity index (χ0v) is 14.4. The molecule has 1 aliphatic heterocycles. The lowest BCUT2D eigenvalue weighted by Crippen LogP contribution is -2.27. The monoisotopic (exact) mass is 344 g/mol. The van der Waals surface area contributed by atoms with Crippen LogP contribution in [0.1, 0.15) is 32.9 Å². The molecule has 25 heavy (non-hydrogen) atoms. The van der Waals surface area contributed by atoms with Gasteiger partial charge in [-0.2, -0.15) is 9.78 Å². The van der Waals surface area contributed by atoms with Gasteiger partial charge in [0.15, 0.2) is 0 Å². The molecule has 3 rings (SSSR count). The summed E-state index contributed by atoms with van der Waals surface area (Å²) in [6.07, 6.45) is 2.14. The number of carbonyl (C=O) groups excluding carboxylic acids is 1. The van der Waals surface area contributed by atoms with E-state index in [1.165, 1.54) is 12.1 Å². The molecule has 2 heterocycles. The van der Waals surface area contributed by atoms with Gasteiger partial charge in [0.1, 0.15) is 5.60 Å². The first kappa shape index (κ1) is 17.1. The molecule has 8 heteroatoms. The highest BCUT2D eigenvalue weighted by molar-refractivity contribution is 5.96. The number of aromatic nitrogens is 2. The van der Waals surface area contributed by atoms with Crippen molar-refractivity contribution in [3.63, 3.8) is 0 Å². The fraction of sp³-hybridized carbons (Fsp3) is 0.412. The predicted molar refractivity (Wildman–Crippen MR) is 93.5 cm³/mol. The molecule has 0 bridgehead atoms. The van der Waals surface area contributed by atoms with Crippen molar-refractivity contribution in [1.29, 1.82) is 0 Å². The number of benzene rings is 1. The number of non-ortho nitro benzene ring substituents is 1. The molecule has 0 fully saturated rings. The van der Waals surface area contributed by atoms with Crippen molar-refractivity contribution in [1.82, 2.24) is 15.1 Å². The Kier molecular flexibility index (Phi) is 4.30. The van der Waals surface area contributed by atoms with Crippen molar-refractivity contribution in [2.75, 3.05) is 13.1 Å². The summed E-state index contributed by atoms with van der Waals surface area (Å²) in [5.41, 5.74) is 1.27. The lowest BCUT2D eigenvalue weighted by molar-refractivity contribution is -0.384. The molecule has 0 unspecified atom stereocenters. The van der Waals surface area contributed by atoms with E-state index in [9.17, 15) is 14.9 Å². The summed E-state index contributed by atoms with van der Waals surface area (Å²) < 4.78 is 6.51. The van der Waals surface area contributed by atoms with Gasteiger partial charge in [-0.05, 0) is 45.4 Å². The maximum Gasteiger partial charge on any atom is 0.435 e. The topological polar surface area (TPSA) is 99.3 Å². The zero-order chi connectivity index (χ0) is 18.2. The molecule has 0 atom stereocenters. The van der Waals surface area contributed by atoms with Gasteiger partial charge in [0.05, 0.1) is 16.1 Å². The van der Waals surface area contributed by atoms with Crippen molar-refractivity contribution in [2.24, 2.45) is 0 Å². The van der Waals surface area contributed by atoms with E-state index < -0.39 is 16.6 Å². The first-order valence-electron chi connectivity index (χ1n) is 8.07. The molecule has 0 amide bonds. The van der Waals surface area contributed by atoms with Crippen LogP contribution < -0.4 is 5.32 Å². The third-order valence-electron chi connectivity index (χ3n) is 3.81. The minimum absolute atomic E-state index is 0.0944. The molecule has 0 saturated heterocycles. The summed E-state index contributed by atoms with van der Waals surface area (Å²) in [5.74, 6) is 0. The lowest BCUT2D eigenvalue weighted by atomic mass is 10.0. The molecular formula is C17H20N4O4. The Balaban J connectivity index is 2.16. The standard InChI is InChI=1S/C17H20N4O4/c1-17(2,3)25-16(22)20-14-10-12(21(23)24)4-5-13(14)15(19-20)11-6-8-18-9-7-11/h4-6,10,18H,7-9H2,1-3H3. The van der Waals surface area contributed by atoms with Gasteiger partial charge >= 0.3 is 6.09 Å². The molecule has 2 aromatic rings. The summed E-state index contributed by atoms with van der Waals surface area (Å²) >= 11 is 0. The lowest BCUT2D eigenvalue weighted by Gasteiger charge is -2.19. The number of hydrogen-bond acceptors (Lipinski definition) is 6. The maximum absolute atomic E-state index is 12.5. The number of carbonyl (C=O) groups is 1. The van der Waals surface area contributed by atoms with E-state index in [2.05, 4.69) is 10.4 Å². The van der Waals surface area contributed by atoms with Crippen LogP contribution in [-0.2, 0) is 4.74 Å². The molecule has 0 aliphatic carbocycles. The molecule has 1 aromatic carbocycles. The Labute approximate surface area is 144 Å². The van der Waals surface area contributed by atoms with Crippen LogP contribution in [0.5, 0.6) is 0 Å². The van der Waals surface area contributed by atoms with Gasteiger partial charge < -0.3 is 10.1 Å². The first-order valence-corrected chi connectivity index (χ1v) is 8.07. The van der Waals surface area contributed by atoms with Crippen molar-refractivity contribution in [3.05, 3.63) is 40.1 Å². The van der Waals surface area contributed by atoms with E-state index in [4.69, 9.17) is 4.74 Å².